The maximum absolute atomic E-state index is 9.30. The molecule has 1 fully saturated rings. The Kier molecular flexibility index (Phi) is 5.45. The largest absolute Gasteiger partial charge is 0.396 e. The maximum Gasteiger partial charge on any atom is 0.0461 e. The van der Waals surface area contributed by atoms with Crippen LogP contribution in [0.25, 0.3) is 0 Å². The normalized spacial score (nSPS) is 21.7. The van der Waals surface area contributed by atoms with Crippen molar-refractivity contribution >= 4 is 0 Å². The predicted molar refractivity (Wildman–Crippen MR) is 56.7 cm³/mol. The average Bonchev–Trinajstić information content (AvgIpc) is 2.21. The molecule has 78 valence electrons. The number of aliphatic hydroxyl groups excluding tert-OH is 1. The highest BCUT2D eigenvalue weighted by atomic mass is 16.3. The van der Waals surface area contributed by atoms with E-state index in [4.69, 9.17) is 0 Å². The Hall–Kier alpha value is -0.0400. The lowest BCUT2D eigenvalue weighted by Gasteiger charge is -2.28. The van der Waals surface area contributed by atoms with Crippen LogP contribution >= 0.6 is 0 Å². The molecular weight excluding hydrogens is 160 g/mol. The SMILES string of the molecule is CCCCC(CO)C1CCCCC1. The van der Waals surface area contributed by atoms with Crippen molar-refractivity contribution in [1.29, 1.82) is 0 Å². The van der Waals surface area contributed by atoms with E-state index in [2.05, 4.69) is 6.92 Å². The van der Waals surface area contributed by atoms with Crippen LogP contribution in [0.3, 0.4) is 0 Å². The van der Waals surface area contributed by atoms with E-state index in [9.17, 15) is 5.11 Å². The molecule has 1 N–H and O–H groups in total. The summed E-state index contributed by atoms with van der Waals surface area (Å²) in [4.78, 5) is 0. The summed E-state index contributed by atoms with van der Waals surface area (Å²) in [5, 5.41) is 9.30. The van der Waals surface area contributed by atoms with Gasteiger partial charge in [0.15, 0.2) is 0 Å². The van der Waals surface area contributed by atoms with Crippen molar-refractivity contribution in [3.63, 3.8) is 0 Å². The van der Waals surface area contributed by atoms with Gasteiger partial charge in [0.25, 0.3) is 0 Å². The molecule has 1 heteroatoms. The van der Waals surface area contributed by atoms with E-state index in [0.29, 0.717) is 12.5 Å². The van der Waals surface area contributed by atoms with Gasteiger partial charge in [0.2, 0.25) is 0 Å². The van der Waals surface area contributed by atoms with Crippen LogP contribution in [0, 0.1) is 11.8 Å². The van der Waals surface area contributed by atoms with Gasteiger partial charge in [-0.1, -0.05) is 51.9 Å². The van der Waals surface area contributed by atoms with E-state index in [-0.39, 0.29) is 0 Å². The smallest absolute Gasteiger partial charge is 0.0461 e. The third-order valence-corrected chi connectivity index (χ3v) is 3.48. The summed E-state index contributed by atoms with van der Waals surface area (Å²) in [6, 6.07) is 0. The summed E-state index contributed by atoms with van der Waals surface area (Å²) in [6.07, 6.45) is 10.8. The topological polar surface area (TPSA) is 20.2 Å². The summed E-state index contributed by atoms with van der Waals surface area (Å²) >= 11 is 0. The van der Waals surface area contributed by atoms with Crippen molar-refractivity contribution in [3.8, 4) is 0 Å². The third kappa shape index (κ3) is 3.68. The fraction of sp³-hybridized carbons (Fsp3) is 1.00. The van der Waals surface area contributed by atoms with E-state index >= 15 is 0 Å². The first-order valence-electron chi connectivity index (χ1n) is 5.99. The van der Waals surface area contributed by atoms with Crippen LogP contribution in [0.15, 0.2) is 0 Å². The van der Waals surface area contributed by atoms with Crippen LogP contribution in [-0.4, -0.2) is 11.7 Å². The highest BCUT2D eigenvalue weighted by Crippen LogP contribution is 2.32. The number of hydrogen-bond donors (Lipinski definition) is 1. The molecule has 1 saturated carbocycles. The predicted octanol–water partition coefficient (Wildman–Crippen LogP) is 3.37. The van der Waals surface area contributed by atoms with Gasteiger partial charge in [0.1, 0.15) is 0 Å². The zero-order valence-electron chi connectivity index (χ0n) is 8.97. The van der Waals surface area contributed by atoms with Gasteiger partial charge in [-0.05, 0) is 18.3 Å². The molecule has 0 radical (unpaired) electrons. The highest BCUT2D eigenvalue weighted by molar-refractivity contribution is 4.73. The molecule has 1 aliphatic carbocycles. The van der Waals surface area contributed by atoms with Crippen LogP contribution in [0.1, 0.15) is 58.3 Å². The van der Waals surface area contributed by atoms with Crippen molar-refractivity contribution in [2.75, 3.05) is 6.61 Å². The Morgan fingerprint density at radius 3 is 2.46 bits per heavy atom. The van der Waals surface area contributed by atoms with Gasteiger partial charge in [0.05, 0.1) is 0 Å². The molecule has 1 nitrogen and oxygen atoms in total. The lowest BCUT2D eigenvalue weighted by atomic mass is 9.78. The van der Waals surface area contributed by atoms with Gasteiger partial charge >= 0.3 is 0 Å². The number of aliphatic hydroxyl groups is 1. The maximum atomic E-state index is 9.30. The first-order chi connectivity index (χ1) is 6.38. The first-order valence-corrected chi connectivity index (χ1v) is 5.99. The molecular formula is C12H24O. The van der Waals surface area contributed by atoms with Crippen LogP contribution in [0.5, 0.6) is 0 Å². The molecule has 0 aromatic carbocycles. The Morgan fingerprint density at radius 2 is 1.92 bits per heavy atom. The van der Waals surface area contributed by atoms with Crippen molar-refractivity contribution < 1.29 is 5.11 Å². The highest BCUT2D eigenvalue weighted by Gasteiger charge is 2.22. The minimum Gasteiger partial charge on any atom is -0.396 e. The molecule has 0 spiro atoms. The summed E-state index contributed by atoms with van der Waals surface area (Å²) in [7, 11) is 0. The van der Waals surface area contributed by atoms with E-state index in [1.807, 2.05) is 0 Å². The minimum absolute atomic E-state index is 0.421. The quantitative estimate of drug-likeness (QED) is 0.694. The lowest BCUT2D eigenvalue weighted by Crippen LogP contribution is -2.21. The van der Waals surface area contributed by atoms with Gasteiger partial charge in [0, 0.05) is 6.61 Å². The van der Waals surface area contributed by atoms with Crippen LogP contribution in [0.4, 0.5) is 0 Å². The summed E-state index contributed by atoms with van der Waals surface area (Å²) in [6.45, 7) is 2.65. The Balaban J connectivity index is 2.26. The molecule has 0 aromatic rings. The standard InChI is InChI=1S/C12H24O/c1-2-3-7-12(10-13)11-8-5-4-6-9-11/h11-13H,2-10H2,1H3. The van der Waals surface area contributed by atoms with Crippen LogP contribution in [-0.2, 0) is 0 Å². The molecule has 1 rings (SSSR count). The third-order valence-electron chi connectivity index (χ3n) is 3.48. The number of rotatable bonds is 5. The summed E-state index contributed by atoms with van der Waals surface area (Å²) in [5.41, 5.74) is 0. The molecule has 13 heavy (non-hydrogen) atoms. The van der Waals surface area contributed by atoms with E-state index in [1.54, 1.807) is 0 Å². The second-order valence-electron chi connectivity index (χ2n) is 4.48. The fourth-order valence-electron chi connectivity index (χ4n) is 2.55. The Labute approximate surface area is 82.5 Å². The zero-order chi connectivity index (χ0) is 9.52. The molecule has 1 unspecified atom stereocenters. The number of unbranched alkanes of at least 4 members (excludes halogenated alkanes) is 1. The summed E-state index contributed by atoms with van der Waals surface area (Å²) < 4.78 is 0. The number of hydrogen-bond acceptors (Lipinski definition) is 1. The second kappa shape index (κ2) is 6.42. The van der Waals surface area contributed by atoms with Crippen molar-refractivity contribution in [1.82, 2.24) is 0 Å². The van der Waals surface area contributed by atoms with Crippen molar-refractivity contribution in [2.45, 2.75) is 58.3 Å². The van der Waals surface area contributed by atoms with E-state index in [0.717, 1.165) is 5.92 Å². The van der Waals surface area contributed by atoms with Crippen molar-refractivity contribution in [3.05, 3.63) is 0 Å². The average molecular weight is 184 g/mol. The molecule has 0 bridgehead atoms. The van der Waals surface area contributed by atoms with E-state index < -0.39 is 0 Å². The molecule has 0 amide bonds. The van der Waals surface area contributed by atoms with Gasteiger partial charge in [-0.15, -0.1) is 0 Å². The molecule has 0 saturated heterocycles. The minimum atomic E-state index is 0.421. The van der Waals surface area contributed by atoms with Gasteiger partial charge in [-0.2, -0.15) is 0 Å². The monoisotopic (exact) mass is 184 g/mol. The summed E-state index contributed by atoms with van der Waals surface area (Å²) in [5.74, 6) is 1.45. The van der Waals surface area contributed by atoms with Crippen LogP contribution in [0.2, 0.25) is 0 Å². The molecule has 1 aliphatic rings. The second-order valence-corrected chi connectivity index (χ2v) is 4.48. The Bertz CT molecular complexity index is 116. The van der Waals surface area contributed by atoms with Gasteiger partial charge in [-0.25, -0.2) is 0 Å². The molecule has 0 aliphatic heterocycles. The Morgan fingerprint density at radius 1 is 1.23 bits per heavy atom. The van der Waals surface area contributed by atoms with Gasteiger partial charge < -0.3 is 5.11 Å². The molecule has 0 heterocycles. The lowest BCUT2D eigenvalue weighted by molar-refractivity contribution is 0.138. The van der Waals surface area contributed by atoms with Crippen LogP contribution < -0.4 is 0 Å². The van der Waals surface area contributed by atoms with Gasteiger partial charge in [-0.3, -0.25) is 0 Å². The van der Waals surface area contributed by atoms with Crippen molar-refractivity contribution in [2.24, 2.45) is 11.8 Å². The fourth-order valence-corrected chi connectivity index (χ4v) is 2.55. The molecule has 1 atom stereocenters. The first kappa shape index (κ1) is 11.0. The zero-order valence-corrected chi connectivity index (χ0v) is 8.97. The van der Waals surface area contributed by atoms with E-state index in [1.165, 1.54) is 51.4 Å². The molecule has 0 aromatic heterocycles.